The molecular formula is C20H21FN4O5. The van der Waals surface area contributed by atoms with E-state index in [1.54, 1.807) is 12.1 Å². The molecule has 0 saturated carbocycles. The highest BCUT2D eigenvalue weighted by atomic mass is 19.1. The zero-order chi connectivity index (χ0) is 21.7. The fourth-order valence-electron chi connectivity index (χ4n) is 3.00. The number of carbonyl (C=O) groups excluding carboxylic acids is 2. The van der Waals surface area contributed by atoms with Crippen LogP contribution in [0.15, 0.2) is 42.5 Å². The second kappa shape index (κ2) is 9.31. The fourth-order valence-corrected chi connectivity index (χ4v) is 3.00. The molecule has 10 heteroatoms. The SMILES string of the molecule is CC(NC(=O)c1cccc([N+](=O)[O-])c1)C(=O)Nc1ccc(N2CCOCC2)c(F)c1. The average Bonchev–Trinajstić information content (AvgIpc) is 2.74. The van der Waals surface area contributed by atoms with Gasteiger partial charge in [0.25, 0.3) is 11.6 Å². The van der Waals surface area contributed by atoms with Crippen molar-refractivity contribution in [2.75, 3.05) is 36.5 Å². The normalized spacial score (nSPS) is 14.7. The Morgan fingerprint density at radius 1 is 1.20 bits per heavy atom. The number of hydrogen-bond donors (Lipinski definition) is 2. The van der Waals surface area contributed by atoms with Crippen LogP contribution in [0.4, 0.5) is 21.5 Å². The minimum atomic E-state index is -0.946. The van der Waals surface area contributed by atoms with Crippen LogP contribution in [0.25, 0.3) is 0 Å². The van der Waals surface area contributed by atoms with Crippen LogP contribution in [0.1, 0.15) is 17.3 Å². The van der Waals surface area contributed by atoms with E-state index in [0.717, 1.165) is 6.07 Å². The standard InChI is InChI=1S/C20H21FN4O5/c1-13(22-20(27)14-3-2-4-16(11-14)25(28)29)19(26)23-15-5-6-18(17(21)12-15)24-7-9-30-10-8-24/h2-6,11-13H,7-10H2,1H3,(H,22,27)(H,23,26). The first-order valence-electron chi connectivity index (χ1n) is 9.33. The number of rotatable bonds is 6. The van der Waals surface area contributed by atoms with Gasteiger partial charge in [0.15, 0.2) is 0 Å². The molecule has 0 spiro atoms. The molecule has 2 amide bonds. The molecule has 2 aromatic carbocycles. The Labute approximate surface area is 172 Å². The summed E-state index contributed by atoms with van der Waals surface area (Å²) in [6, 6.07) is 8.63. The first-order valence-corrected chi connectivity index (χ1v) is 9.33. The molecule has 30 heavy (non-hydrogen) atoms. The maximum absolute atomic E-state index is 14.5. The molecule has 1 heterocycles. The Bertz CT molecular complexity index is 962. The van der Waals surface area contributed by atoms with Crippen LogP contribution in [0.3, 0.4) is 0 Å². The maximum Gasteiger partial charge on any atom is 0.270 e. The number of nitrogens with one attached hydrogen (secondary N) is 2. The van der Waals surface area contributed by atoms with Crippen molar-refractivity contribution in [3.8, 4) is 0 Å². The van der Waals surface area contributed by atoms with Crippen molar-refractivity contribution in [2.45, 2.75) is 13.0 Å². The van der Waals surface area contributed by atoms with Crippen LogP contribution in [-0.4, -0.2) is 49.1 Å². The summed E-state index contributed by atoms with van der Waals surface area (Å²) in [4.78, 5) is 36.7. The van der Waals surface area contributed by atoms with Crippen molar-refractivity contribution in [1.82, 2.24) is 5.32 Å². The zero-order valence-electron chi connectivity index (χ0n) is 16.3. The summed E-state index contributed by atoms with van der Waals surface area (Å²) in [6.07, 6.45) is 0. The van der Waals surface area contributed by atoms with Crippen LogP contribution in [0, 0.1) is 15.9 Å². The van der Waals surface area contributed by atoms with Gasteiger partial charge in [0.05, 0.1) is 23.8 Å². The van der Waals surface area contributed by atoms with E-state index in [2.05, 4.69) is 10.6 Å². The van der Waals surface area contributed by atoms with E-state index >= 15 is 0 Å². The van der Waals surface area contributed by atoms with E-state index < -0.39 is 28.6 Å². The van der Waals surface area contributed by atoms with Crippen LogP contribution in [0.5, 0.6) is 0 Å². The Morgan fingerprint density at radius 3 is 2.60 bits per heavy atom. The minimum Gasteiger partial charge on any atom is -0.378 e. The third-order valence-electron chi connectivity index (χ3n) is 4.63. The van der Waals surface area contributed by atoms with Crippen molar-refractivity contribution in [3.05, 3.63) is 64.0 Å². The lowest BCUT2D eigenvalue weighted by Crippen LogP contribution is -2.41. The van der Waals surface area contributed by atoms with Gasteiger partial charge in [-0.05, 0) is 31.2 Å². The second-order valence-corrected chi connectivity index (χ2v) is 6.76. The maximum atomic E-state index is 14.5. The quantitative estimate of drug-likeness (QED) is 0.552. The lowest BCUT2D eigenvalue weighted by Gasteiger charge is -2.29. The number of hydrogen-bond acceptors (Lipinski definition) is 6. The highest BCUT2D eigenvalue weighted by Gasteiger charge is 2.20. The summed E-state index contributed by atoms with van der Waals surface area (Å²) in [5.41, 5.74) is 0.523. The van der Waals surface area contributed by atoms with Gasteiger partial charge < -0.3 is 20.3 Å². The van der Waals surface area contributed by atoms with Crippen molar-refractivity contribution in [3.63, 3.8) is 0 Å². The minimum absolute atomic E-state index is 0.0600. The van der Waals surface area contributed by atoms with E-state index in [1.165, 1.54) is 31.2 Å². The van der Waals surface area contributed by atoms with E-state index in [4.69, 9.17) is 4.74 Å². The third kappa shape index (κ3) is 5.09. The molecule has 2 aromatic rings. The van der Waals surface area contributed by atoms with Crippen LogP contribution >= 0.6 is 0 Å². The number of benzene rings is 2. The van der Waals surface area contributed by atoms with Gasteiger partial charge in [0.1, 0.15) is 11.9 Å². The highest BCUT2D eigenvalue weighted by molar-refractivity contribution is 6.01. The molecule has 158 valence electrons. The number of ether oxygens (including phenoxy) is 1. The molecule has 0 radical (unpaired) electrons. The number of halogens is 1. The molecule has 9 nitrogen and oxygen atoms in total. The number of nitro benzene ring substituents is 1. The molecule has 2 N–H and O–H groups in total. The third-order valence-corrected chi connectivity index (χ3v) is 4.63. The topological polar surface area (TPSA) is 114 Å². The number of anilines is 2. The van der Waals surface area contributed by atoms with Crippen LogP contribution in [0.2, 0.25) is 0 Å². The number of nitro groups is 1. The van der Waals surface area contributed by atoms with Crippen molar-refractivity contribution < 1.29 is 23.6 Å². The molecule has 0 bridgehead atoms. The number of amides is 2. The first-order chi connectivity index (χ1) is 14.3. The van der Waals surface area contributed by atoms with Gasteiger partial charge in [0.2, 0.25) is 5.91 Å². The van der Waals surface area contributed by atoms with Gasteiger partial charge in [-0.1, -0.05) is 6.07 Å². The molecule has 1 unspecified atom stereocenters. The Balaban J connectivity index is 1.61. The van der Waals surface area contributed by atoms with Gasteiger partial charge in [-0.3, -0.25) is 19.7 Å². The van der Waals surface area contributed by atoms with Crippen LogP contribution in [-0.2, 0) is 9.53 Å². The summed E-state index contributed by atoms with van der Waals surface area (Å²) in [7, 11) is 0. The molecule has 3 rings (SSSR count). The fraction of sp³-hybridized carbons (Fsp3) is 0.300. The predicted octanol–water partition coefficient (Wildman–Crippen LogP) is 2.33. The molecule has 1 fully saturated rings. The molecule has 1 aliphatic heterocycles. The lowest BCUT2D eigenvalue weighted by molar-refractivity contribution is -0.384. The molecule has 1 saturated heterocycles. The van der Waals surface area contributed by atoms with Gasteiger partial charge in [-0.25, -0.2) is 4.39 Å². The molecular weight excluding hydrogens is 395 g/mol. The van der Waals surface area contributed by atoms with Crippen molar-refractivity contribution in [1.29, 1.82) is 0 Å². The van der Waals surface area contributed by atoms with Gasteiger partial charge in [-0.15, -0.1) is 0 Å². The molecule has 0 aliphatic carbocycles. The first kappa shape index (κ1) is 21.2. The summed E-state index contributed by atoms with van der Waals surface area (Å²) < 4.78 is 19.7. The van der Waals surface area contributed by atoms with Crippen molar-refractivity contribution >= 4 is 28.9 Å². The average molecular weight is 416 g/mol. The smallest absolute Gasteiger partial charge is 0.270 e. The van der Waals surface area contributed by atoms with Crippen molar-refractivity contribution in [2.24, 2.45) is 0 Å². The summed E-state index contributed by atoms with van der Waals surface area (Å²) >= 11 is 0. The Hall–Kier alpha value is -3.53. The number of nitrogens with zero attached hydrogens (tertiary/aromatic N) is 2. The predicted molar refractivity (Wildman–Crippen MR) is 108 cm³/mol. The second-order valence-electron chi connectivity index (χ2n) is 6.76. The highest BCUT2D eigenvalue weighted by Crippen LogP contribution is 2.24. The largest absolute Gasteiger partial charge is 0.378 e. The van der Waals surface area contributed by atoms with E-state index in [0.29, 0.717) is 32.0 Å². The monoisotopic (exact) mass is 416 g/mol. The van der Waals surface area contributed by atoms with Crippen LogP contribution < -0.4 is 15.5 Å². The summed E-state index contributed by atoms with van der Waals surface area (Å²) in [5.74, 6) is -1.65. The zero-order valence-corrected chi connectivity index (χ0v) is 16.3. The van der Waals surface area contributed by atoms with Gasteiger partial charge in [-0.2, -0.15) is 0 Å². The number of morpholine rings is 1. The van der Waals surface area contributed by atoms with Gasteiger partial charge in [0, 0.05) is 36.5 Å². The molecule has 0 aromatic heterocycles. The molecule has 1 aliphatic rings. The lowest BCUT2D eigenvalue weighted by atomic mass is 10.1. The number of carbonyl (C=O) groups is 2. The summed E-state index contributed by atoms with van der Waals surface area (Å²) in [5, 5.41) is 15.9. The molecule has 1 atom stereocenters. The van der Waals surface area contributed by atoms with E-state index in [-0.39, 0.29) is 16.9 Å². The van der Waals surface area contributed by atoms with Gasteiger partial charge >= 0.3 is 0 Å². The van der Waals surface area contributed by atoms with E-state index in [9.17, 15) is 24.1 Å². The summed E-state index contributed by atoms with van der Waals surface area (Å²) in [6.45, 7) is 3.69. The Morgan fingerprint density at radius 2 is 1.93 bits per heavy atom. The van der Waals surface area contributed by atoms with E-state index in [1.807, 2.05) is 4.90 Å². The number of non-ortho nitro benzene ring substituents is 1. The Kier molecular flexibility index (Phi) is 6.58.